The fourth-order valence-electron chi connectivity index (χ4n) is 4.00. The molecule has 1 aliphatic rings. The van der Waals surface area contributed by atoms with Crippen LogP contribution in [-0.4, -0.2) is 11.6 Å². The Bertz CT molecular complexity index is 1210. The second-order valence-electron chi connectivity index (χ2n) is 7.91. The molecule has 0 heterocycles. The molecule has 0 N–H and O–H groups in total. The minimum Gasteiger partial charge on any atom is -0.289 e. The molecule has 0 fully saturated rings. The summed E-state index contributed by atoms with van der Waals surface area (Å²) in [6, 6.07) is 27.4. The zero-order valence-electron chi connectivity index (χ0n) is 16.9. The van der Waals surface area contributed by atoms with Gasteiger partial charge in [0.15, 0.2) is 11.6 Å². The van der Waals surface area contributed by atoms with Gasteiger partial charge in [-0.15, -0.1) is 0 Å². The first-order chi connectivity index (χ1) is 14.5. The van der Waals surface area contributed by atoms with Crippen LogP contribution in [0.25, 0.3) is 22.3 Å². The first kappa shape index (κ1) is 18.3. The van der Waals surface area contributed by atoms with Gasteiger partial charge in [0.25, 0.3) is 0 Å². The van der Waals surface area contributed by atoms with Crippen molar-refractivity contribution in [3.8, 4) is 22.3 Å². The maximum Gasteiger partial charge on any atom is 0.194 e. The molecule has 1 aliphatic carbocycles. The van der Waals surface area contributed by atoms with Gasteiger partial charge >= 0.3 is 0 Å². The molecular formula is C28H20O2. The number of hydrogen-bond donors (Lipinski definition) is 0. The van der Waals surface area contributed by atoms with E-state index in [2.05, 4.69) is 0 Å². The molecule has 0 unspecified atom stereocenters. The number of benzene rings is 4. The van der Waals surface area contributed by atoms with Crippen molar-refractivity contribution in [2.75, 3.05) is 0 Å². The van der Waals surface area contributed by atoms with Crippen molar-refractivity contribution < 1.29 is 9.59 Å². The predicted molar refractivity (Wildman–Crippen MR) is 120 cm³/mol. The maximum atomic E-state index is 13.2. The highest BCUT2D eigenvalue weighted by molar-refractivity contribution is 6.29. The van der Waals surface area contributed by atoms with Crippen LogP contribution in [0.1, 0.15) is 43.0 Å². The molecule has 2 heteroatoms. The molecule has 0 aliphatic heterocycles. The third-order valence-electron chi connectivity index (χ3n) is 5.79. The van der Waals surface area contributed by atoms with Crippen LogP contribution in [0.5, 0.6) is 0 Å². The Morgan fingerprint density at radius 3 is 1.10 bits per heavy atom. The summed E-state index contributed by atoms with van der Waals surface area (Å²) < 4.78 is 0. The SMILES string of the molecule is Cc1ccc(-c2ccc3c(c2)C(=O)c2ccc(-c4ccc(C)cc4)cc2C3=O)cc1. The average Bonchev–Trinajstić information content (AvgIpc) is 2.78. The molecule has 4 aromatic carbocycles. The Labute approximate surface area is 175 Å². The van der Waals surface area contributed by atoms with Gasteiger partial charge in [-0.1, -0.05) is 71.8 Å². The van der Waals surface area contributed by atoms with Gasteiger partial charge in [0.1, 0.15) is 0 Å². The molecule has 0 saturated carbocycles. The zero-order chi connectivity index (χ0) is 20.8. The molecule has 144 valence electrons. The highest BCUT2D eigenvalue weighted by Gasteiger charge is 2.30. The first-order valence-electron chi connectivity index (χ1n) is 10.0. The van der Waals surface area contributed by atoms with Crippen LogP contribution >= 0.6 is 0 Å². The summed E-state index contributed by atoms with van der Waals surface area (Å²) in [7, 11) is 0. The van der Waals surface area contributed by atoms with Crippen molar-refractivity contribution in [1.29, 1.82) is 0 Å². The van der Waals surface area contributed by atoms with Crippen LogP contribution in [0.15, 0.2) is 84.9 Å². The van der Waals surface area contributed by atoms with E-state index in [0.717, 1.165) is 22.3 Å². The Morgan fingerprint density at radius 2 is 0.733 bits per heavy atom. The van der Waals surface area contributed by atoms with Crippen molar-refractivity contribution in [3.63, 3.8) is 0 Å². The smallest absolute Gasteiger partial charge is 0.194 e. The predicted octanol–water partition coefficient (Wildman–Crippen LogP) is 6.41. The van der Waals surface area contributed by atoms with Gasteiger partial charge < -0.3 is 0 Å². The number of carbonyl (C=O) groups is 2. The van der Waals surface area contributed by atoms with E-state index in [0.29, 0.717) is 22.3 Å². The van der Waals surface area contributed by atoms with E-state index < -0.39 is 0 Å². The van der Waals surface area contributed by atoms with E-state index >= 15 is 0 Å². The van der Waals surface area contributed by atoms with Crippen molar-refractivity contribution in [3.05, 3.63) is 118 Å². The van der Waals surface area contributed by atoms with Crippen LogP contribution in [0.3, 0.4) is 0 Å². The number of aryl methyl sites for hydroxylation is 2. The standard InChI is InChI=1S/C28H20O2/c1-17-3-7-19(8-4-17)21-11-13-23-25(15-21)27(29)24-14-12-22(16-26(24)28(23)30)20-9-5-18(2)6-10-20/h3-16H,1-2H3. The monoisotopic (exact) mass is 388 g/mol. The normalized spacial score (nSPS) is 12.5. The van der Waals surface area contributed by atoms with E-state index in [1.807, 2.05) is 86.6 Å². The number of rotatable bonds is 2. The van der Waals surface area contributed by atoms with Gasteiger partial charge in [0.05, 0.1) is 0 Å². The number of carbonyl (C=O) groups excluding carboxylic acids is 2. The first-order valence-corrected chi connectivity index (χ1v) is 10.0. The summed E-state index contributed by atoms with van der Waals surface area (Å²) in [5.74, 6) is -0.187. The number of ketones is 2. The summed E-state index contributed by atoms with van der Waals surface area (Å²) in [4.78, 5) is 26.5. The van der Waals surface area contributed by atoms with Crippen molar-refractivity contribution in [2.45, 2.75) is 13.8 Å². The van der Waals surface area contributed by atoms with Gasteiger partial charge in [-0.2, -0.15) is 0 Å². The maximum absolute atomic E-state index is 13.2. The van der Waals surface area contributed by atoms with Gasteiger partial charge in [-0.3, -0.25) is 9.59 Å². The Hall–Kier alpha value is -3.78. The molecule has 0 amide bonds. The molecule has 0 bridgehead atoms. The molecule has 4 aromatic rings. The lowest BCUT2D eigenvalue weighted by atomic mass is 9.81. The number of fused-ring (bicyclic) bond motifs is 2. The van der Waals surface area contributed by atoms with Gasteiger partial charge in [0.2, 0.25) is 0 Å². The van der Waals surface area contributed by atoms with Crippen LogP contribution < -0.4 is 0 Å². The topological polar surface area (TPSA) is 34.1 Å². The molecule has 0 atom stereocenters. The van der Waals surface area contributed by atoms with E-state index in [9.17, 15) is 9.59 Å². The fourth-order valence-corrected chi connectivity index (χ4v) is 4.00. The van der Waals surface area contributed by atoms with Crippen molar-refractivity contribution >= 4 is 11.6 Å². The van der Waals surface area contributed by atoms with Crippen LogP contribution in [0.4, 0.5) is 0 Å². The van der Waals surface area contributed by atoms with Gasteiger partial charge in [0, 0.05) is 22.3 Å². The van der Waals surface area contributed by atoms with Crippen LogP contribution in [-0.2, 0) is 0 Å². The van der Waals surface area contributed by atoms with Crippen LogP contribution in [0, 0.1) is 13.8 Å². The Balaban J connectivity index is 1.58. The highest BCUT2D eigenvalue weighted by atomic mass is 16.1. The third kappa shape index (κ3) is 2.98. The van der Waals surface area contributed by atoms with E-state index in [-0.39, 0.29) is 11.6 Å². The van der Waals surface area contributed by atoms with E-state index in [1.165, 1.54) is 11.1 Å². The van der Waals surface area contributed by atoms with Gasteiger partial charge in [-0.05, 0) is 60.4 Å². The lowest BCUT2D eigenvalue weighted by Crippen LogP contribution is -2.21. The lowest BCUT2D eigenvalue weighted by molar-refractivity contribution is 0.0979. The third-order valence-corrected chi connectivity index (χ3v) is 5.79. The molecule has 0 spiro atoms. The van der Waals surface area contributed by atoms with E-state index in [1.54, 1.807) is 12.1 Å². The summed E-state index contributed by atoms with van der Waals surface area (Å²) >= 11 is 0. The minimum atomic E-state index is -0.0935. The summed E-state index contributed by atoms with van der Waals surface area (Å²) in [6.45, 7) is 4.08. The number of hydrogen-bond acceptors (Lipinski definition) is 2. The molecular weight excluding hydrogens is 368 g/mol. The van der Waals surface area contributed by atoms with Crippen LogP contribution in [0.2, 0.25) is 0 Å². The fraction of sp³-hybridized carbons (Fsp3) is 0.0714. The van der Waals surface area contributed by atoms with Gasteiger partial charge in [-0.25, -0.2) is 0 Å². The highest BCUT2D eigenvalue weighted by Crippen LogP contribution is 2.33. The molecule has 5 rings (SSSR count). The Morgan fingerprint density at radius 1 is 0.400 bits per heavy atom. The summed E-state index contributed by atoms with van der Waals surface area (Å²) in [5, 5.41) is 0. The largest absolute Gasteiger partial charge is 0.289 e. The minimum absolute atomic E-state index is 0.0935. The molecule has 0 radical (unpaired) electrons. The average molecular weight is 388 g/mol. The quantitative estimate of drug-likeness (QED) is 0.350. The van der Waals surface area contributed by atoms with Crippen molar-refractivity contribution in [1.82, 2.24) is 0 Å². The molecule has 0 aromatic heterocycles. The second-order valence-corrected chi connectivity index (χ2v) is 7.91. The molecule has 30 heavy (non-hydrogen) atoms. The van der Waals surface area contributed by atoms with Crippen molar-refractivity contribution in [2.24, 2.45) is 0 Å². The summed E-state index contributed by atoms with van der Waals surface area (Å²) in [6.07, 6.45) is 0. The summed E-state index contributed by atoms with van der Waals surface area (Å²) in [5.41, 5.74) is 8.22. The van der Waals surface area contributed by atoms with E-state index in [4.69, 9.17) is 0 Å². The zero-order valence-corrected chi connectivity index (χ0v) is 16.9. The lowest BCUT2D eigenvalue weighted by Gasteiger charge is -2.19. The second kappa shape index (κ2) is 6.93. The molecule has 0 saturated heterocycles. The Kier molecular flexibility index (Phi) is 4.22. The molecule has 2 nitrogen and oxygen atoms in total.